The molecule has 0 spiro atoms. The Labute approximate surface area is 112 Å². The minimum atomic E-state index is -5.09. The molecule has 0 aromatic heterocycles. The van der Waals surface area contributed by atoms with Gasteiger partial charge in [-0.25, -0.2) is 13.2 Å². The Hall–Kier alpha value is -1.87. The van der Waals surface area contributed by atoms with Gasteiger partial charge in [0.05, 0.1) is 10.5 Å². The minimum absolute atomic E-state index is 0.170. The number of halogens is 3. The van der Waals surface area contributed by atoms with E-state index in [0.29, 0.717) is 12.1 Å². The average Bonchev–Trinajstić information content (AvgIpc) is 2.25. The largest absolute Gasteiger partial charge is 0.744 e. The van der Waals surface area contributed by atoms with E-state index in [1.54, 1.807) is 0 Å². The van der Waals surface area contributed by atoms with Crippen molar-refractivity contribution in [2.24, 2.45) is 0 Å². The predicted octanol–water partition coefficient (Wildman–Crippen LogP) is 2.09. The number of alkyl halides is 3. The lowest BCUT2D eigenvalue weighted by molar-refractivity contribution is -0.138. The van der Waals surface area contributed by atoms with Crippen molar-refractivity contribution in [2.45, 2.75) is 18.0 Å². The van der Waals surface area contributed by atoms with Gasteiger partial charge in [0.15, 0.2) is 0 Å². The molecule has 0 unspecified atom stereocenters. The number of ether oxygens (including phenoxy) is 1. The van der Waals surface area contributed by atoms with Crippen LogP contribution >= 0.6 is 0 Å². The lowest BCUT2D eigenvalue weighted by Gasteiger charge is -2.15. The van der Waals surface area contributed by atoms with E-state index in [4.69, 9.17) is 0 Å². The van der Waals surface area contributed by atoms with E-state index in [9.17, 15) is 30.9 Å². The molecule has 0 N–H and O–H groups in total. The molecular weight excluding hydrogens is 301 g/mol. The molecule has 1 rings (SSSR count). The maximum Gasteiger partial charge on any atom is 0.416 e. The van der Waals surface area contributed by atoms with Crippen molar-refractivity contribution in [1.29, 1.82) is 0 Å². The molecule has 0 saturated carbocycles. The molecular formula is C11H8F3O5S-. The lowest BCUT2D eigenvalue weighted by atomic mass is 10.2. The molecule has 0 saturated heterocycles. The molecule has 0 radical (unpaired) electrons. The number of hydrogen-bond acceptors (Lipinski definition) is 5. The molecule has 0 aliphatic heterocycles. The first-order chi connectivity index (χ1) is 8.93. The van der Waals surface area contributed by atoms with Gasteiger partial charge in [-0.15, -0.1) is 0 Å². The van der Waals surface area contributed by atoms with Crippen LogP contribution in [0.4, 0.5) is 13.2 Å². The van der Waals surface area contributed by atoms with Crippen LogP contribution in [0.5, 0.6) is 5.75 Å². The fourth-order valence-electron chi connectivity index (χ4n) is 1.16. The van der Waals surface area contributed by atoms with Gasteiger partial charge in [-0.05, 0) is 25.1 Å². The smallest absolute Gasteiger partial charge is 0.416 e. The van der Waals surface area contributed by atoms with Gasteiger partial charge in [0.25, 0.3) is 0 Å². The highest BCUT2D eigenvalue weighted by molar-refractivity contribution is 7.85. The Morgan fingerprint density at radius 1 is 1.35 bits per heavy atom. The first-order valence-corrected chi connectivity index (χ1v) is 6.38. The Morgan fingerprint density at radius 3 is 2.30 bits per heavy atom. The molecule has 5 nitrogen and oxygen atoms in total. The van der Waals surface area contributed by atoms with E-state index in [0.717, 1.165) is 0 Å². The van der Waals surface area contributed by atoms with Crippen LogP contribution in [0.25, 0.3) is 0 Å². The van der Waals surface area contributed by atoms with E-state index in [1.807, 2.05) is 0 Å². The maximum atomic E-state index is 12.5. The van der Waals surface area contributed by atoms with Gasteiger partial charge in [-0.3, -0.25) is 0 Å². The monoisotopic (exact) mass is 309 g/mol. The summed E-state index contributed by atoms with van der Waals surface area (Å²) in [5.41, 5.74) is -1.42. The van der Waals surface area contributed by atoms with Gasteiger partial charge in [0.1, 0.15) is 15.9 Å². The first-order valence-electron chi connectivity index (χ1n) is 4.98. The van der Waals surface area contributed by atoms with Crippen LogP contribution in [0.15, 0.2) is 35.2 Å². The summed E-state index contributed by atoms with van der Waals surface area (Å²) in [6.07, 6.45) is -4.78. The summed E-state index contributed by atoms with van der Waals surface area (Å²) in [6, 6.07) is 1.11. The molecule has 1 aromatic rings. The molecule has 0 fully saturated rings. The third kappa shape index (κ3) is 3.81. The minimum Gasteiger partial charge on any atom is -0.744 e. The van der Waals surface area contributed by atoms with Crippen LogP contribution < -0.4 is 4.74 Å². The summed E-state index contributed by atoms with van der Waals surface area (Å²) in [4.78, 5) is 10.2. The zero-order chi connectivity index (χ0) is 15.7. The normalized spacial score (nSPS) is 12.1. The third-order valence-electron chi connectivity index (χ3n) is 2.09. The Kier molecular flexibility index (Phi) is 4.25. The van der Waals surface area contributed by atoms with Crippen molar-refractivity contribution in [3.63, 3.8) is 0 Å². The molecule has 0 aliphatic rings. The Morgan fingerprint density at radius 2 is 1.90 bits per heavy atom. The van der Waals surface area contributed by atoms with E-state index in [-0.39, 0.29) is 11.6 Å². The standard InChI is InChI=1S/C11H9F3O5S/c1-6(2)10(15)19-8-5-7(11(12,13)14)3-4-9(8)20(16,17)18/h3-5H,1H2,2H3,(H,16,17,18)/p-1. The molecule has 20 heavy (non-hydrogen) atoms. The molecule has 1 aromatic carbocycles. The van der Waals surface area contributed by atoms with E-state index in [2.05, 4.69) is 11.3 Å². The number of esters is 1. The van der Waals surface area contributed by atoms with Crippen molar-refractivity contribution >= 4 is 16.1 Å². The number of hydrogen-bond donors (Lipinski definition) is 0. The topological polar surface area (TPSA) is 83.5 Å². The summed E-state index contributed by atoms with van der Waals surface area (Å²) in [6.45, 7) is 4.40. The third-order valence-corrected chi connectivity index (χ3v) is 2.97. The fraction of sp³-hybridized carbons (Fsp3) is 0.182. The second kappa shape index (κ2) is 5.25. The highest BCUT2D eigenvalue weighted by Crippen LogP contribution is 2.34. The number of carbonyl (C=O) groups is 1. The van der Waals surface area contributed by atoms with E-state index in [1.165, 1.54) is 6.92 Å². The van der Waals surface area contributed by atoms with E-state index < -0.39 is 38.5 Å². The molecule has 110 valence electrons. The molecule has 0 aliphatic carbocycles. The van der Waals surface area contributed by atoms with Gasteiger partial charge in [-0.2, -0.15) is 13.2 Å². The van der Waals surface area contributed by atoms with Crippen LogP contribution in [-0.2, 0) is 21.1 Å². The SMILES string of the molecule is C=C(C)C(=O)Oc1cc(C(F)(F)F)ccc1S(=O)(=O)[O-]. The van der Waals surface area contributed by atoms with Crippen LogP contribution in [0, 0.1) is 0 Å². The lowest BCUT2D eigenvalue weighted by Crippen LogP contribution is -2.13. The summed E-state index contributed by atoms with van der Waals surface area (Å²) in [7, 11) is -5.09. The van der Waals surface area contributed by atoms with Crippen LogP contribution in [-0.4, -0.2) is 18.9 Å². The molecule has 0 atom stereocenters. The number of benzene rings is 1. The van der Waals surface area contributed by atoms with Crippen molar-refractivity contribution < 1.29 is 35.7 Å². The summed E-state index contributed by atoms with van der Waals surface area (Å²) < 4.78 is 74.7. The van der Waals surface area contributed by atoms with Gasteiger partial charge >= 0.3 is 12.1 Å². The van der Waals surface area contributed by atoms with Crippen molar-refractivity contribution in [2.75, 3.05) is 0 Å². The number of carbonyl (C=O) groups excluding carboxylic acids is 1. The zero-order valence-electron chi connectivity index (χ0n) is 10.0. The van der Waals surface area contributed by atoms with Gasteiger partial charge < -0.3 is 9.29 Å². The molecule has 0 bridgehead atoms. The van der Waals surface area contributed by atoms with Crippen molar-refractivity contribution in [3.8, 4) is 5.75 Å². The molecule has 0 amide bonds. The van der Waals surface area contributed by atoms with Crippen LogP contribution in [0.3, 0.4) is 0 Å². The highest BCUT2D eigenvalue weighted by Gasteiger charge is 2.32. The first kappa shape index (κ1) is 16.2. The van der Waals surface area contributed by atoms with Gasteiger partial charge in [0.2, 0.25) is 0 Å². The van der Waals surface area contributed by atoms with Crippen molar-refractivity contribution in [3.05, 3.63) is 35.9 Å². The summed E-state index contributed by atoms with van der Waals surface area (Å²) in [5.74, 6) is -2.13. The highest BCUT2D eigenvalue weighted by atomic mass is 32.2. The summed E-state index contributed by atoms with van der Waals surface area (Å²) >= 11 is 0. The van der Waals surface area contributed by atoms with Gasteiger partial charge in [0, 0.05) is 5.57 Å². The average molecular weight is 309 g/mol. The Bertz CT molecular complexity index is 661. The van der Waals surface area contributed by atoms with Crippen LogP contribution in [0.1, 0.15) is 12.5 Å². The summed E-state index contributed by atoms with van der Waals surface area (Å²) in [5, 5.41) is 0. The Balaban J connectivity index is 3.42. The van der Waals surface area contributed by atoms with E-state index >= 15 is 0 Å². The second-order valence-corrected chi connectivity index (χ2v) is 5.13. The van der Waals surface area contributed by atoms with Crippen molar-refractivity contribution in [1.82, 2.24) is 0 Å². The predicted molar refractivity (Wildman–Crippen MR) is 59.9 cm³/mol. The second-order valence-electron chi connectivity index (χ2n) is 3.78. The quantitative estimate of drug-likeness (QED) is 0.369. The molecule has 9 heteroatoms. The fourth-order valence-corrected chi connectivity index (χ4v) is 1.74. The number of rotatable bonds is 3. The zero-order valence-corrected chi connectivity index (χ0v) is 10.8. The maximum absolute atomic E-state index is 12.5. The molecule has 0 heterocycles. The van der Waals surface area contributed by atoms with Crippen LogP contribution in [0.2, 0.25) is 0 Å². The van der Waals surface area contributed by atoms with Gasteiger partial charge in [-0.1, -0.05) is 6.58 Å².